The van der Waals surface area contributed by atoms with Gasteiger partial charge in [0, 0.05) is 10.8 Å². The van der Waals surface area contributed by atoms with Crippen LogP contribution in [0.3, 0.4) is 0 Å². The minimum atomic E-state index is -0.354. The van der Waals surface area contributed by atoms with Crippen LogP contribution >= 0.6 is 23.1 Å². The maximum atomic E-state index is 12.4. The summed E-state index contributed by atoms with van der Waals surface area (Å²) in [5.74, 6) is -0.765. The van der Waals surface area contributed by atoms with Gasteiger partial charge in [-0.25, -0.2) is 4.98 Å². The molecule has 0 spiro atoms. The van der Waals surface area contributed by atoms with E-state index >= 15 is 0 Å². The van der Waals surface area contributed by atoms with E-state index in [0.29, 0.717) is 10.5 Å². The molecule has 0 aliphatic heterocycles. The molecule has 0 saturated carbocycles. The largest absolute Gasteiger partial charge is 0.301 e. The lowest BCUT2D eigenvalue weighted by Gasteiger charge is -2.09. The number of carbonyl (C=O) groups excluding carboxylic acids is 2. The van der Waals surface area contributed by atoms with Gasteiger partial charge in [0.15, 0.2) is 5.16 Å². The minimum absolute atomic E-state index is 0.0535. The SMILES string of the molecule is CC(C)C(=O)NNC(=O)CSc1nc2sc3c(c2c(=O)[nH]1)CCCC3. The number of nitrogens with one attached hydrogen (secondary N) is 3. The van der Waals surface area contributed by atoms with Crippen molar-refractivity contribution in [2.75, 3.05) is 5.75 Å². The van der Waals surface area contributed by atoms with E-state index in [1.54, 1.807) is 25.2 Å². The Balaban J connectivity index is 1.67. The smallest absolute Gasteiger partial charge is 0.260 e. The van der Waals surface area contributed by atoms with Gasteiger partial charge in [-0.3, -0.25) is 25.2 Å². The Morgan fingerprint density at radius 3 is 2.80 bits per heavy atom. The normalized spacial score (nSPS) is 13.7. The zero-order chi connectivity index (χ0) is 18.0. The van der Waals surface area contributed by atoms with Crippen molar-refractivity contribution in [2.24, 2.45) is 5.92 Å². The van der Waals surface area contributed by atoms with Crippen LogP contribution in [0.5, 0.6) is 0 Å². The molecule has 0 saturated heterocycles. The highest BCUT2D eigenvalue weighted by Crippen LogP contribution is 2.34. The number of hydrazine groups is 1. The molecule has 2 amide bonds. The van der Waals surface area contributed by atoms with Gasteiger partial charge in [0.1, 0.15) is 4.83 Å². The van der Waals surface area contributed by atoms with Gasteiger partial charge in [-0.2, -0.15) is 0 Å². The van der Waals surface area contributed by atoms with Crippen molar-refractivity contribution in [3.8, 4) is 0 Å². The summed E-state index contributed by atoms with van der Waals surface area (Å²) in [5.41, 5.74) is 5.70. The molecule has 0 radical (unpaired) electrons. The molecule has 2 aromatic heterocycles. The molecule has 1 aliphatic carbocycles. The number of aryl methyl sites for hydroxylation is 2. The van der Waals surface area contributed by atoms with Crippen molar-refractivity contribution in [1.29, 1.82) is 0 Å². The van der Waals surface area contributed by atoms with Crippen molar-refractivity contribution < 1.29 is 9.59 Å². The molecular formula is C16H20N4O3S2. The number of fused-ring (bicyclic) bond motifs is 3. The highest BCUT2D eigenvalue weighted by Gasteiger charge is 2.20. The summed E-state index contributed by atoms with van der Waals surface area (Å²) in [6.07, 6.45) is 4.21. The summed E-state index contributed by atoms with van der Waals surface area (Å²) in [7, 11) is 0. The monoisotopic (exact) mass is 380 g/mol. The predicted octanol–water partition coefficient (Wildman–Crippen LogP) is 1.76. The number of nitrogens with zero attached hydrogens (tertiary/aromatic N) is 1. The Bertz CT molecular complexity index is 872. The number of rotatable bonds is 4. The molecule has 3 N–H and O–H groups in total. The quantitative estimate of drug-likeness (QED) is 0.426. The van der Waals surface area contributed by atoms with Gasteiger partial charge in [0.25, 0.3) is 5.56 Å². The maximum absolute atomic E-state index is 12.4. The first kappa shape index (κ1) is 17.9. The number of amides is 2. The van der Waals surface area contributed by atoms with Gasteiger partial charge in [0.2, 0.25) is 11.8 Å². The number of hydrogen-bond acceptors (Lipinski definition) is 6. The number of carbonyl (C=O) groups is 2. The number of thioether (sulfide) groups is 1. The molecule has 2 aromatic rings. The second-order valence-corrected chi connectivity index (χ2v) is 8.29. The fourth-order valence-electron chi connectivity index (χ4n) is 2.66. The number of aromatic nitrogens is 2. The zero-order valence-corrected chi connectivity index (χ0v) is 15.7. The molecule has 2 heterocycles. The topological polar surface area (TPSA) is 104 Å². The third kappa shape index (κ3) is 4.04. The van der Waals surface area contributed by atoms with Gasteiger partial charge in [-0.05, 0) is 31.2 Å². The van der Waals surface area contributed by atoms with Crippen molar-refractivity contribution in [3.05, 3.63) is 20.8 Å². The van der Waals surface area contributed by atoms with Crippen LogP contribution in [0.4, 0.5) is 0 Å². The Hall–Kier alpha value is -1.87. The third-order valence-electron chi connectivity index (χ3n) is 3.99. The number of hydrogen-bond donors (Lipinski definition) is 3. The van der Waals surface area contributed by atoms with E-state index in [1.807, 2.05) is 0 Å². The van der Waals surface area contributed by atoms with Gasteiger partial charge >= 0.3 is 0 Å². The molecule has 0 aromatic carbocycles. The Morgan fingerprint density at radius 2 is 2.04 bits per heavy atom. The highest BCUT2D eigenvalue weighted by atomic mass is 32.2. The summed E-state index contributed by atoms with van der Waals surface area (Å²) in [6, 6.07) is 0. The van der Waals surface area contributed by atoms with Crippen molar-refractivity contribution >= 4 is 45.1 Å². The molecule has 7 nitrogen and oxygen atoms in total. The average molecular weight is 380 g/mol. The average Bonchev–Trinajstić information content (AvgIpc) is 2.96. The highest BCUT2D eigenvalue weighted by molar-refractivity contribution is 7.99. The first-order valence-electron chi connectivity index (χ1n) is 8.21. The fourth-order valence-corrected chi connectivity index (χ4v) is 4.64. The maximum Gasteiger partial charge on any atom is 0.260 e. The molecule has 0 fully saturated rings. The molecular weight excluding hydrogens is 360 g/mol. The zero-order valence-electron chi connectivity index (χ0n) is 14.1. The molecule has 0 bridgehead atoms. The van der Waals surface area contributed by atoms with Crippen LogP contribution in [0, 0.1) is 5.92 Å². The lowest BCUT2D eigenvalue weighted by molar-refractivity contribution is -0.129. The lowest BCUT2D eigenvalue weighted by Crippen LogP contribution is -2.44. The van der Waals surface area contributed by atoms with E-state index < -0.39 is 0 Å². The van der Waals surface area contributed by atoms with Crippen LogP contribution in [-0.2, 0) is 22.4 Å². The van der Waals surface area contributed by atoms with Crippen molar-refractivity contribution in [2.45, 2.75) is 44.7 Å². The molecule has 0 atom stereocenters. The number of aromatic amines is 1. The van der Waals surface area contributed by atoms with Crippen molar-refractivity contribution in [3.63, 3.8) is 0 Å². The van der Waals surface area contributed by atoms with Crippen LogP contribution in [0.15, 0.2) is 9.95 Å². The van der Waals surface area contributed by atoms with Crippen LogP contribution in [0.2, 0.25) is 0 Å². The standard InChI is InChI=1S/C16H20N4O3S2/c1-8(2)13(22)20-19-11(21)7-24-16-17-14(23)12-9-5-3-4-6-10(9)25-15(12)18-16/h8H,3-7H2,1-2H3,(H,19,21)(H,20,22)(H,17,18,23). The Kier molecular flexibility index (Phi) is 5.43. The molecule has 1 aliphatic rings. The summed E-state index contributed by atoms with van der Waals surface area (Å²) < 4.78 is 0. The second kappa shape index (κ2) is 7.57. The molecule has 0 unspecified atom stereocenters. The summed E-state index contributed by atoms with van der Waals surface area (Å²) in [4.78, 5) is 44.9. The Labute approximate surface area is 153 Å². The van der Waals surface area contributed by atoms with Gasteiger partial charge in [0.05, 0.1) is 11.1 Å². The second-order valence-electron chi connectivity index (χ2n) is 6.24. The van der Waals surface area contributed by atoms with Gasteiger partial charge in [-0.1, -0.05) is 25.6 Å². The van der Waals surface area contributed by atoms with Crippen molar-refractivity contribution in [1.82, 2.24) is 20.8 Å². The molecule has 9 heteroatoms. The van der Waals surface area contributed by atoms with Crippen LogP contribution in [0.25, 0.3) is 10.2 Å². The predicted molar refractivity (Wildman–Crippen MR) is 98.7 cm³/mol. The van der Waals surface area contributed by atoms with E-state index in [1.165, 1.54) is 4.88 Å². The Morgan fingerprint density at radius 1 is 1.28 bits per heavy atom. The first-order chi connectivity index (χ1) is 12.0. The fraction of sp³-hybridized carbons (Fsp3) is 0.500. The number of H-pyrrole nitrogens is 1. The van der Waals surface area contributed by atoms with E-state index in [4.69, 9.17) is 0 Å². The van der Waals surface area contributed by atoms with E-state index in [2.05, 4.69) is 20.8 Å². The number of thiophene rings is 1. The van der Waals surface area contributed by atoms with Crippen LogP contribution < -0.4 is 16.4 Å². The third-order valence-corrected chi connectivity index (χ3v) is 6.05. The summed E-state index contributed by atoms with van der Waals surface area (Å²) in [6.45, 7) is 3.47. The van der Waals surface area contributed by atoms with Crippen LogP contribution in [0.1, 0.15) is 37.1 Å². The van der Waals surface area contributed by atoms with Gasteiger partial charge in [-0.15, -0.1) is 11.3 Å². The van der Waals surface area contributed by atoms with E-state index in [-0.39, 0.29) is 29.0 Å². The summed E-state index contributed by atoms with van der Waals surface area (Å²) >= 11 is 2.72. The minimum Gasteiger partial charge on any atom is -0.301 e. The molecule has 134 valence electrons. The lowest BCUT2D eigenvalue weighted by atomic mass is 9.97. The van der Waals surface area contributed by atoms with E-state index in [9.17, 15) is 14.4 Å². The first-order valence-corrected chi connectivity index (χ1v) is 10.0. The molecule has 3 rings (SSSR count). The molecule has 25 heavy (non-hydrogen) atoms. The summed E-state index contributed by atoms with van der Waals surface area (Å²) in [5, 5.41) is 1.12. The van der Waals surface area contributed by atoms with Gasteiger partial charge < -0.3 is 4.98 Å². The van der Waals surface area contributed by atoms with E-state index in [0.717, 1.165) is 47.8 Å². The van der Waals surface area contributed by atoms with Crippen LogP contribution in [-0.4, -0.2) is 27.5 Å².